The average molecular weight is 283 g/mol. The van der Waals surface area contributed by atoms with E-state index >= 15 is 0 Å². The molecule has 1 unspecified atom stereocenters. The summed E-state index contributed by atoms with van der Waals surface area (Å²) in [5.41, 5.74) is 2.29. The van der Waals surface area contributed by atoms with E-state index in [2.05, 4.69) is 19.1 Å². The molecular formula is C16H23ClO2. The van der Waals surface area contributed by atoms with Crippen LogP contribution in [0.15, 0.2) is 18.2 Å². The van der Waals surface area contributed by atoms with E-state index in [-0.39, 0.29) is 11.0 Å². The van der Waals surface area contributed by atoms with E-state index in [4.69, 9.17) is 21.1 Å². The van der Waals surface area contributed by atoms with Crippen molar-refractivity contribution >= 4 is 11.6 Å². The summed E-state index contributed by atoms with van der Waals surface area (Å²) in [5, 5.41) is -0.0540. The molecule has 0 amide bonds. The average Bonchev–Trinajstić information content (AvgIpc) is 2.36. The maximum Gasteiger partial charge on any atom is 0.123 e. The van der Waals surface area contributed by atoms with Gasteiger partial charge in [-0.1, -0.05) is 17.7 Å². The smallest absolute Gasteiger partial charge is 0.123 e. The summed E-state index contributed by atoms with van der Waals surface area (Å²) >= 11 is 6.63. The molecule has 0 N–H and O–H groups in total. The molecule has 0 heterocycles. The molecule has 1 aromatic carbocycles. The van der Waals surface area contributed by atoms with Crippen molar-refractivity contribution in [1.82, 2.24) is 0 Å². The Labute approximate surface area is 121 Å². The summed E-state index contributed by atoms with van der Waals surface area (Å²) in [7, 11) is 1.79. The van der Waals surface area contributed by atoms with Gasteiger partial charge in [0.2, 0.25) is 0 Å². The Morgan fingerprint density at radius 1 is 1.37 bits per heavy atom. The van der Waals surface area contributed by atoms with Gasteiger partial charge in [0.05, 0.1) is 17.6 Å². The molecule has 3 heteroatoms. The van der Waals surface area contributed by atoms with Gasteiger partial charge in [0.25, 0.3) is 0 Å². The summed E-state index contributed by atoms with van der Waals surface area (Å²) in [5.74, 6) is 0.902. The maximum atomic E-state index is 6.63. The van der Waals surface area contributed by atoms with Gasteiger partial charge in [0.15, 0.2) is 0 Å². The lowest BCUT2D eigenvalue weighted by Crippen LogP contribution is -2.39. The molecule has 0 radical (unpaired) electrons. The summed E-state index contributed by atoms with van der Waals surface area (Å²) in [6.07, 6.45) is 4.32. The number of alkyl halides is 1. The first-order valence-electron chi connectivity index (χ1n) is 7.03. The van der Waals surface area contributed by atoms with Crippen molar-refractivity contribution in [2.45, 2.75) is 50.5 Å². The summed E-state index contributed by atoms with van der Waals surface area (Å²) in [6, 6.07) is 6.21. The van der Waals surface area contributed by atoms with Crippen molar-refractivity contribution in [3.63, 3.8) is 0 Å². The highest BCUT2D eigenvalue weighted by Crippen LogP contribution is 2.45. The van der Waals surface area contributed by atoms with Gasteiger partial charge in [-0.25, -0.2) is 0 Å². The largest absolute Gasteiger partial charge is 0.494 e. The zero-order valence-corrected chi connectivity index (χ0v) is 12.8. The van der Waals surface area contributed by atoms with Crippen molar-refractivity contribution in [2.75, 3.05) is 13.7 Å². The van der Waals surface area contributed by atoms with E-state index in [9.17, 15) is 0 Å². The molecule has 2 rings (SSSR count). The Kier molecular flexibility index (Phi) is 4.75. The molecule has 1 aliphatic carbocycles. The van der Waals surface area contributed by atoms with E-state index in [1.54, 1.807) is 7.11 Å². The highest BCUT2D eigenvalue weighted by molar-refractivity contribution is 6.21. The van der Waals surface area contributed by atoms with Crippen molar-refractivity contribution < 1.29 is 9.47 Å². The van der Waals surface area contributed by atoms with Crippen LogP contribution in [0.1, 0.15) is 49.1 Å². The second-order valence-corrected chi connectivity index (χ2v) is 5.91. The molecule has 0 saturated heterocycles. The maximum absolute atomic E-state index is 6.63. The predicted octanol–water partition coefficient (Wildman–Crippen LogP) is 4.63. The van der Waals surface area contributed by atoms with Gasteiger partial charge in [-0.3, -0.25) is 0 Å². The number of aryl methyl sites for hydroxylation is 1. The van der Waals surface area contributed by atoms with E-state index < -0.39 is 0 Å². The predicted molar refractivity (Wildman–Crippen MR) is 79.2 cm³/mol. The van der Waals surface area contributed by atoms with Crippen LogP contribution < -0.4 is 4.74 Å². The van der Waals surface area contributed by atoms with Crippen molar-refractivity contribution in [1.29, 1.82) is 0 Å². The third-order valence-electron chi connectivity index (χ3n) is 4.05. The number of halogens is 1. The van der Waals surface area contributed by atoms with E-state index in [1.165, 1.54) is 12.0 Å². The summed E-state index contributed by atoms with van der Waals surface area (Å²) < 4.78 is 11.4. The lowest BCUT2D eigenvalue weighted by molar-refractivity contribution is -0.0780. The fourth-order valence-electron chi connectivity index (χ4n) is 2.70. The number of ether oxygens (including phenoxy) is 2. The van der Waals surface area contributed by atoms with E-state index in [0.717, 1.165) is 30.6 Å². The van der Waals surface area contributed by atoms with E-state index in [1.807, 2.05) is 13.0 Å². The number of rotatable bonds is 6. The number of methoxy groups -OCH3 is 1. The molecule has 0 spiro atoms. The summed E-state index contributed by atoms with van der Waals surface area (Å²) in [6.45, 7) is 4.74. The molecule has 0 aromatic heterocycles. The van der Waals surface area contributed by atoms with Gasteiger partial charge < -0.3 is 9.47 Å². The van der Waals surface area contributed by atoms with E-state index in [0.29, 0.717) is 6.61 Å². The van der Waals surface area contributed by atoms with Gasteiger partial charge >= 0.3 is 0 Å². The molecule has 106 valence electrons. The highest BCUT2D eigenvalue weighted by atomic mass is 35.5. The van der Waals surface area contributed by atoms with Crippen LogP contribution in [0.5, 0.6) is 5.75 Å². The van der Waals surface area contributed by atoms with Crippen LogP contribution in [0.3, 0.4) is 0 Å². The van der Waals surface area contributed by atoms with Crippen LogP contribution in [0.4, 0.5) is 0 Å². The molecule has 1 atom stereocenters. The molecule has 1 saturated carbocycles. The number of hydrogen-bond acceptors (Lipinski definition) is 2. The Morgan fingerprint density at radius 3 is 2.63 bits per heavy atom. The Bertz CT molecular complexity index is 421. The Morgan fingerprint density at radius 2 is 2.11 bits per heavy atom. The molecule has 1 fully saturated rings. The molecule has 1 aromatic rings. The monoisotopic (exact) mass is 282 g/mol. The summed E-state index contributed by atoms with van der Waals surface area (Å²) in [4.78, 5) is 0. The number of hydrogen-bond donors (Lipinski definition) is 0. The lowest BCUT2D eigenvalue weighted by atomic mass is 9.76. The molecule has 0 bridgehead atoms. The van der Waals surface area contributed by atoms with Crippen molar-refractivity contribution in [3.8, 4) is 5.75 Å². The van der Waals surface area contributed by atoms with Crippen molar-refractivity contribution in [3.05, 3.63) is 29.3 Å². The zero-order chi connectivity index (χ0) is 13.9. The van der Waals surface area contributed by atoms with Crippen LogP contribution in [0, 0.1) is 6.92 Å². The first-order chi connectivity index (χ1) is 9.10. The quantitative estimate of drug-likeness (QED) is 0.708. The molecule has 19 heavy (non-hydrogen) atoms. The topological polar surface area (TPSA) is 18.5 Å². The Hall–Kier alpha value is -0.730. The first-order valence-corrected chi connectivity index (χ1v) is 7.46. The highest BCUT2D eigenvalue weighted by Gasteiger charge is 2.39. The Balaban J connectivity index is 2.17. The normalized spacial score (nSPS) is 18.7. The molecular weight excluding hydrogens is 260 g/mol. The molecule has 1 aliphatic rings. The van der Waals surface area contributed by atoms with Gasteiger partial charge in [0, 0.05) is 12.7 Å². The second kappa shape index (κ2) is 6.15. The minimum atomic E-state index is -0.0540. The zero-order valence-electron chi connectivity index (χ0n) is 12.0. The SMILES string of the molecule is CCOc1ccc(C)cc1C(Cl)CC1(OC)CCC1. The fraction of sp³-hybridized carbons (Fsp3) is 0.625. The van der Waals surface area contributed by atoms with Crippen LogP contribution in [-0.2, 0) is 4.74 Å². The lowest BCUT2D eigenvalue weighted by Gasteiger charge is -2.42. The third-order valence-corrected chi connectivity index (χ3v) is 4.44. The minimum Gasteiger partial charge on any atom is -0.494 e. The van der Waals surface area contributed by atoms with Gasteiger partial charge in [0.1, 0.15) is 5.75 Å². The van der Waals surface area contributed by atoms with Gasteiger partial charge in [-0.2, -0.15) is 0 Å². The van der Waals surface area contributed by atoms with Crippen molar-refractivity contribution in [2.24, 2.45) is 0 Å². The third kappa shape index (κ3) is 3.24. The van der Waals surface area contributed by atoms with Crippen LogP contribution >= 0.6 is 11.6 Å². The van der Waals surface area contributed by atoms with Crippen LogP contribution in [0.25, 0.3) is 0 Å². The standard InChI is InChI=1S/C16H23ClO2/c1-4-19-15-7-6-12(2)10-13(15)14(17)11-16(18-3)8-5-9-16/h6-7,10,14H,4-5,8-9,11H2,1-3H3. The fourth-order valence-corrected chi connectivity index (χ4v) is 3.15. The second-order valence-electron chi connectivity index (χ2n) is 5.39. The van der Waals surface area contributed by atoms with Gasteiger partial charge in [-0.05, 0) is 45.6 Å². The molecule has 0 aliphatic heterocycles. The minimum absolute atomic E-state index is 0.0142. The number of benzene rings is 1. The first kappa shape index (κ1) is 14.7. The molecule has 2 nitrogen and oxygen atoms in total. The van der Waals surface area contributed by atoms with Gasteiger partial charge in [-0.15, -0.1) is 11.6 Å². The van der Waals surface area contributed by atoms with Crippen LogP contribution in [-0.4, -0.2) is 19.3 Å². The van der Waals surface area contributed by atoms with Crippen LogP contribution in [0.2, 0.25) is 0 Å².